The first-order valence-corrected chi connectivity index (χ1v) is 8.23. The summed E-state index contributed by atoms with van der Waals surface area (Å²) >= 11 is 0. The summed E-state index contributed by atoms with van der Waals surface area (Å²) in [7, 11) is 0. The van der Waals surface area contributed by atoms with Crippen molar-refractivity contribution < 1.29 is 59.4 Å². The first-order valence-electron chi connectivity index (χ1n) is 8.23. The summed E-state index contributed by atoms with van der Waals surface area (Å²) in [4.78, 5) is 58.6. The molecule has 0 saturated heterocycles. The van der Waals surface area contributed by atoms with Crippen molar-refractivity contribution in [3.05, 3.63) is 0 Å². The molecule has 0 aromatic rings. The molecule has 0 bridgehead atoms. The Hall–Kier alpha value is -3.34. The Morgan fingerprint density at radius 2 is 0.871 bits per heavy atom. The lowest BCUT2D eigenvalue weighted by Gasteiger charge is -2.01. The van der Waals surface area contributed by atoms with Crippen LogP contribution in [0.2, 0.25) is 0 Å². The van der Waals surface area contributed by atoms with Crippen LogP contribution in [-0.4, -0.2) is 90.6 Å². The molecule has 0 amide bonds. The van der Waals surface area contributed by atoms with E-state index in [2.05, 4.69) is 0 Å². The van der Waals surface area contributed by atoms with E-state index in [1.54, 1.807) is 0 Å². The van der Waals surface area contributed by atoms with Gasteiger partial charge in [-0.3, -0.25) is 28.8 Å². The zero-order valence-corrected chi connectivity index (χ0v) is 16.9. The molecule has 31 heavy (non-hydrogen) atoms. The van der Waals surface area contributed by atoms with Crippen LogP contribution in [0.1, 0.15) is 33.1 Å². The van der Waals surface area contributed by atoms with Gasteiger partial charge in [-0.25, -0.2) is 0 Å². The van der Waals surface area contributed by atoms with E-state index in [1.807, 2.05) is 0 Å². The normalized spacial score (nSPS) is 13.0. The van der Waals surface area contributed by atoms with Crippen LogP contribution in [0.3, 0.4) is 0 Å². The number of carbonyl (C=O) groups is 6. The van der Waals surface area contributed by atoms with Crippen LogP contribution < -0.4 is 22.9 Å². The quantitative estimate of drug-likeness (QED) is 0.164. The molecule has 0 aromatic heterocycles. The highest BCUT2D eigenvalue weighted by atomic mass is 16.4. The number of hydrogen-bond acceptors (Lipinski definition) is 10. The molecule has 14 N–H and O–H groups in total. The second kappa shape index (κ2) is 20.0. The molecule has 0 aliphatic carbocycles. The molecule has 0 aliphatic rings. The Kier molecular flexibility index (Phi) is 22.6. The second-order valence-electron chi connectivity index (χ2n) is 5.67. The zero-order valence-electron chi connectivity index (χ0n) is 16.9. The van der Waals surface area contributed by atoms with Gasteiger partial charge in [0, 0.05) is 6.42 Å². The van der Waals surface area contributed by atoms with Crippen molar-refractivity contribution in [1.29, 1.82) is 0 Å². The number of carboxylic acids is 6. The molecule has 4 unspecified atom stereocenters. The molecule has 0 rings (SSSR count). The molecular weight excluding hydrogens is 428 g/mol. The highest BCUT2D eigenvalue weighted by Gasteiger charge is 2.14. The van der Waals surface area contributed by atoms with Crippen LogP contribution in [0.25, 0.3) is 0 Å². The van der Waals surface area contributed by atoms with Crippen molar-refractivity contribution in [2.75, 3.05) is 0 Å². The lowest BCUT2D eigenvalue weighted by atomic mass is 10.2. The van der Waals surface area contributed by atoms with Crippen molar-refractivity contribution in [2.45, 2.75) is 57.3 Å². The highest BCUT2D eigenvalue weighted by molar-refractivity contribution is 5.80. The van der Waals surface area contributed by atoms with E-state index in [0.717, 1.165) is 0 Å². The fourth-order valence-corrected chi connectivity index (χ4v) is 0.678. The second-order valence-corrected chi connectivity index (χ2v) is 5.67. The maximum absolute atomic E-state index is 9.99. The van der Waals surface area contributed by atoms with Gasteiger partial charge in [0.05, 0.1) is 6.42 Å². The van der Waals surface area contributed by atoms with Crippen molar-refractivity contribution >= 4 is 35.8 Å². The standard InChI is InChI=1S/C5H9NO4.C4H7NO4.2C3H7NO2/c6-3(5(9)10)1-2-4(7)8;5-2(4(8)9)1-3(6)7;2*1-2(4)3(5)6/h3H,1-2,6H2,(H,7,8)(H,9,10);2H,1,5H2,(H,6,7)(H,8,9);2*2H,4H2,1H3,(H,5,6). The topological polar surface area (TPSA) is 328 Å². The Morgan fingerprint density at radius 3 is 1.00 bits per heavy atom. The third-order valence-corrected chi connectivity index (χ3v) is 2.48. The zero-order chi connectivity index (χ0) is 25.9. The molecule has 0 spiro atoms. The Balaban J connectivity index is -0.000000161. The number of rotatable bonds is 9. The monoisotopic (exact) mass is 458 g/mol. The van der Waals surface area contributed by atoms with E-state index in [-0.39, 0.29) is 12.8 Å². The largest absolute Gasteiger partial charge is 0.481 e. The van der Waals surface area contributed by atoms with Crippen LogP contribution in [0, 0.1) is 0 Å². The molecule has 0 aromatic carbocycles. The maximum Gasteiger partial charge on any atom is 0.321 e. The Morgan fingerprint density at radius 1 is 0.581 bits per heavy atom. The van der Waals surface area contributed by atoms with Crippen LogP contribution in [-0.2, 0) is 28.8 Å². The highest BCUT2D eigenvalue weighted by Crippen LogP contribution is 1.93. The van der Waals surface area contributed by atoms with Gasteiger partial charge in [-0.2, -0.15) is 0 Å². The summed E-state index contributed by atoms with van der Waals surface area (Å²) < 4.78 is 0. The van der Waals surface area contributed by atoms with Gasteiger partial charge in [0.1, 0.15) is 24.2 Å². The van der Waals surface area contributed by atoms with Crippen molar-refractivity contribution in [2.24, 2.45) is 22.9 Å². The van der Waals surface area contributed by atoms with Crippen LogP contribution in [0.4, 0.5) is 0 Å². The Labute approximate surface area is 176 Å². The molecule has 0 heterocycles. The molecular formula is C15H30N4O12. The van der Waals surface area contributed by atoms with Crippen LogP contribution in [0.15, 0.2) is 0 Å². The van der Waals surface area contributed by atoms with Gasteiger partial charge in [-0.15, -0.1) is 0 Å². The average Bonchev–Trinajstić information content (AvgIpc) is 2.60. The number of nitrogens with two attached hydrogens (primary N) is 4. The van der Waals surface area contributed by atoms with Gasteiger partial charge >= 0.3 is 35.8 Å². The van der Waals surface area contributed by atoms with E-state index in [9.17, 15) is 28.8 Å². The summed E-state index contributed by atoms with van der Waals surface area (Å²) in [5.41, 5.74) is 19.5. The third-order valence-electron chi connectivity index (χ3n) is 2.48. The number of carboxylic acid groups (broad SMARTS) is 6. The predicted molar refractivity (Wildman–Crippen MR) is 103 cm³/mol. The molecule has 0 fully saturated rings. The van der Waals surface area contributed by atoms with Gasteiger partial charge in [0.2, 0.25) is 0 Å². The average molecular weight is 458 g/mol. The van der Waals surface area contributed by atoms with E-state index >= 15 is 0 Å². The molecule has 0 saturated carbocycles. The van der Waals surface area contributed by atoms with Gasteiger partial charge in [0.15, 0.2) is 0 Å². The maximum atomic E-state index is 9.99. The minimum absolute atomic E-state index is 0.0231. The first kappa shape index (κ1) is 35.1. The lowest BCUT2D eigenvalue weighted by Crippen LogP contribution is -2.32. The lowest BCUT2D eigenvalue weighted by molar-refractivity contribution is -0.144. The fraction of sp³-hybridized carbons (Fsp3) is 0.600. The van der Waals surface area contributed by atoms with Crippen LogP contribution in [0.5, 0.6) is 0 Å². The number of hydrogen-bond donors (Lipinski definition) is 10. The first-order chi connectivity index (χ1) is 13.9. The summed E-state index contributed by atoms with van der Waals surface area (Å²) in [6.45, 7) is 2.84. The van der Waals surface area contributed by atoms with E-state index < -0.39 is 66.4 Å². The van der Waals surface area contributed by atoms with E-state index in [4.69, 9.17) is 53.6 Å². The van der Waals surface area contributed by atoms with Gasteiger partial charge in [-0.1, -0.05) is 0 Å². The summed E-state index contributed by atoms with van der Waals surface area (Å²) in [6, 6.07) is -3.81. The molecule has 16 heteroatoms. The summed E-state index contributed by atoms with van der Waals surface area (Å²) in [6.07, 6.45) is -0.756. The predicted octanol–water partition coefficient (Wildman–Crippen LogP) is -3.03. The third kappa shape index (κ3) is 34.6. The van der Waals surface area contributed by atoms with Gasteiger partial charge < -0.3 is 53.6 Å². The molecule has 4 atom stereocenters. The summed E-state index contributed by atoms with van der Waals surface area (Å²) in [5, 5.41) is 48.0. The van der Waals surface area contributed by atoms with Crippen molar-refractivity contribution in [3.63, 3.8) is 0 Å². The Bertz CT molecular complexity index is 577. The summed E-state index contributed by atoms with van der Waals surface area (Å²) in [5.74, 6) is -6.62. The molecule has 0 aliphatic heterocycles. The minimum atomic E-state index is -1.29. The van der Waals surface area contributed by atoms with Gasteiger partial charge in [0.25, 0.3) is 0 Å². The minimum Gasteiger partial charge on any atom is -0.481 e. The van der Waals surface area contributed by atoms with E-state index in [0.29, 0.717) is 0 Å². The smallest absolute Gasteiger partial charge is 0.321 e. The SMILES string of the molecule is CC(N)C(=O)O.CC(N)C(=O)O.NC(CC(=O)O)C(=O)O.NC(CCC(=O)O)C(=O)O. The fourth-order valence-electron chi connectivity index (χ4n) is 0.678. The van der Waals surface area contributed by atoms with Crippen molar-refractivity contribution in [1.82, 2.24) is 0 Å². The number of aliphatic carboxylic acids is 6. The molecule has 16 nitrogen and oxygen atoms in total. The van der Waals surface area contributed by atoms with E-state index in [1.165, 1.54) is 13.8 Å². The van der Waals surface area contributed by atoms with Crippen LogP contribution >= 0.6 is 0 Å². The molecule has 0 radical (unpaired) electrons. The van der Waals surface area contributed by atoms with Gasteiger partial charge in [-0.05, 0) is 20.3 Å². The van der Waals surface area contributed by atoms with Crippen molar-refractivity contribution in [3.8, 4) is 0 Å². The molecule has 182 valence electrons.